The van der Waals surface area contributed by atoms with Gasteiger partial charge in [0.15, 0.2) is 0 Å². The van der Waals surface area contributed by atoms with Crippen LogP contribution in [0.3, 0.4) is 0 Å². The molecule has 2 atom stereocenters. The number of likely N-dealkylation sites (N-methyl/N-ethyl adjacent to an activating group) is 1. The molecule has 0 aromatic carbocycles. The summed E-state index contributed by atoms with van der Waals surface area (Å²) in [6.07, 6.45) is 4.01. The van der Waals surface area contributed by atoms with Crippen molar-refractivity contribution < 1.29 is 17.6 Å². The normalized spacial score (nSPS) is 21.2. The second kappa shape index (κ2) is 6.80. The standard InChI is InChI=1S/C14H23N3O4S/c1-16(2)12(13-7-5-9-21-13)10-15-14(18)11-6-4-8-17(11)22(3,19)20/h5,7,9,11-12H,4,6,8,10H2,1-3H3,(H,15,18)/t11-,12-/m0/s1. The van der Waals surface area contributed by atoms with E-state index in [4.69, 9.17) is 4.42 Å². The summed E-state index contributed by atoms with van der Waals surface area (Å²) in [5.41, 5.74) is 0. The lowest BCUT2D eigenvalue weighted by molar-refractivity contribution is -0.124. The van der Waals surface area contributed by atoms with Crippen LogP contribution in [0, 0.1) is 0 Å². The number of amides is 1. The molecule has 1 fully saturated rings. The molecule has 1 N–H and O–H groups in total. The third-order valence-corrected chi connectivity index (χ3v) is 5.19. The summed E-state index contributed by atoms with van der Waals surface area (Å²) < 4.78 is 30.1. The molecule has 1 amide bonds. The van der Waals surface area contributed by atoms with Gasteiger partial charge in [-0.2, -0.15) is 4.31 Å². The first kappa shape index (κ1) is 17.0. The summed E-state index contributed by atoms with van der Waals surface area (Å²) in [4.78, 5) is 14.3. The number of furan rings is 1. The van der Waals surface area contributed by atoms with E-state index >= 15 is 0 Å². The van der Waals surface area contributed by atoms with E-state index in [0.29, 0.717) is 25.9 Å². The van der Waals surface area contributed by atoms with Crippen molar-refractivity contribution in [1.29, 1.82) is 0 Å². The average molecular weight is 329 g/mol. The Balaban J connectivity index is 1.99. The topological polar surface area (TPSA) is 82.9 Å². The van der Waals surface area contributed by atoms with Gasteiger partial charge in [0.05, 0.1) is 18.6 Å². The zero-order valence-corrected chi connectivity index (χ0v) is 14.0. The molecule has 2 rings (SSSR count). The van der Waals surface area contributed by atoms with Crippen LogP contribution < -0.4 is 5.32 Å². The Hall–Kier alpha value is -1.38. The van der Waals surface area contributed by atoms with E-state index < -0.39 is 16.1 Å². The highest BCUT2D eigenvalue weighted by atomic mass is 32.2. The molecule has 8 heteroatoms. The zero-order valence-electron chi connectivity index (χ0n) is 13.2. The Labute approximate surface area is 131 Å². The second-order valence-electron chi connectivity index (χ2n) is 5.77. The van der Waals surface area contributed by atoms with E-state index in [1.807, 2.05) is 25.1 Å². The Kier molecular flexibility index (Phi) is 5.25. The first-order valence-electron chi connectivity index (χ1n) is 7.25. The molecule has 0 spiro atoms. The van der Waals surface area contributed by atoms with Gasteiger partial charge in [-0.3, -0.25) is 9.69 Å². The monoisotopic (exact) mass is 329 g/mol. The van der Waals surface area contributed by atoms with Crippen LogP contribution in [-0.2, 0) is 14.8 Å². The lowest BCUT2D eigenvalue weighted by Crippen LogP contribution is -2.47. The van der Waals surface area contributed by atoms with Gasteiger partial charge in [-0.1, -0.05) is 0 Å². The molecule has 1 aliphatic rings. The van der Waals surface area contributed by atoms with E-state index in [9.17, 15) is 13.2 Å². The first-order valence-corrected chi connectivity index (χ1v) is 9.10. The molecule has 2 heterocycles. The van der Waals surface area contributed by atoms with Crippen LogP contribution in [0.5, 0.6) is 0 Å². The second-order valence-corrected chi connectivity index (χ2v) is 7.71. The van der Waals surface area contributed by atoms with Crippen molar-refractivity contribution in [3.8, 4) is 0 Å². The van der Waals surface area contributed by atoms with E-state index in [1.54, 1.807) is 12.3 Å². The Morgan fingerprint density at radius 3 is 2.82 bits per heavy atom. The van der Waals surface area contributed by atoms with E-state index in [2.05, 4.69) is 5.32 Å². The molecule has 0 unspecified atom stereocenters. The van der Waals surface area contributed by atoms with Crippen molar-refractivity contribution in [3.63, 3.8) is 0 Å². The minimum Gasteiger partial charge on any atom is -0.468 e. The summed E-state index contributed by atoms with van der Waals surface area (Å²) >= 11 is 0. The van der Waals surface area contributed by atoms with Gasteiger partial charge in [0.1, 0.15) is 11.8 Å². The number of carbonyl (C=O) groups excluding carboxylic acids is 1. The molecule has 1 saturated heterocycles. The van der Waals surface area contributed by atoms with Gasteiger partial charge in [-0.05, 0) is 39.1 Å². The third kappa shape index (κ3) is 3.88. The third-order valence-electron chi connectivity index (χ3n) is 3.90. The predicted molar refractivity (Wildman–Crippen MR) is 82.7 cm³/mol. The van der Waals surface area contributed by atoms with E-state index in [-0.39, 0.29) is 11.9 Å². The van der Waals surface area contributed by atoms with Crippen molar-refractivity contribution in [1.82, 2.24) is 14.5 Å². The molecule has 1 aromatic rings. The molecular weight excluding hydrogens is 306 g/mol. The molecule has 0 saturated carbocycles. The number of rotatable bonds is 6. The van der Waals surface area contributed by atoms with Crippen LogP contribution in [0.25, 0.3) is 0 Å². The molecule has 22 heavy (non-hydrogen) atoms. The van der Waals surface area contributed by atoms with Gasteiger partial charge in [-0.25, -0.2) is 8.42 Å². The molecular formula is C14H23N3O4S. The van der Waals surface area contributed by atoms with Crippen LogP contribution in [0.2, 0.25) is 0 Å². The van der Waals surface area contributed by atoms with Crippen LogP contribution in [0.4, 0.5) is 0 Å². The molecule has 7 nitrogen and oxygen atoms in total. The van der Waals surface area contributed by atoms with Gasteiger partial charge in [0, 0.05) is 13.1 Å². The molecule has 1 aromatic heterocycles. The summed E-state index contributed by atoms with van der Waals surface area (Å²) in [6, 6.07) is 2.96. The van der Waals surface area contributed by atoms with Gasteiger partial charge < -0.3 is 9.73 Å². The zero-order chi connectivity index (χ0) is 16.3. The number of nitrogens with one attached hydrogen (secondary N) is 1. The quantitative estimate of drug-likeness (QED) is 0.818. The van der Waals surface area contributed by atoms with Gasteiger partial charge in [0.2, 0.25) is 15.9 Å². The SMILES string of the molecule is CN(C)[C@@H](CNC(=O)[C@@H]1CCCN1S(C)(=O)=O)c1ccco1. The highest BCUT2D eigenvalue weighted by Gasteiger charge is 2.36. The van der Waals surface area contributed by atoms with Gasteiger partial charge in [-0.15, -0.1) is 0 Å². The van der Waals surface area contributed by atoms with Crippen LogP contribution in [0.1, 0.15) is 24.6 Å². The van der Waals surface area contributed by atoms with Crippen LogP contribution >= 0.6 is 0 Å². The summed E-state index contributed by atoms with van der Waals surface area (Å²) in [5.74, 6) is 0.512. The summed E-state index contributed by atoms with van der Waals surface area (Å²) in [6.45, 7) is 0.777. The van der Waals surface area contributed by atoms with Crippen LogP contribution in [-0.4, -0.2) is 63.0 Å². The average Bonchev–Trinajstić information content (AvgIpc) is 3.08. The maximum atomic E-state index is 12.3. The Morgan fingerprint density at radius 2 is 2.27 bits per heavy atom. The maximum Gasteiger partial charge on any atom is 0.238 e. The number of carbonyl (C=O) groups is 1. The fraction of sp³-hybridized carbons (Fsp3) is 0.643. The maximum absolute atomic E-state index is 12.3. The van der Waals surface area contributed by atoms with Gasteiger partial charge in [0.25, 0.3) is 0 Å². The fourth-order valence-corrected chi connectivity index (χ4v) is 3.86. The summed E-state index contributed by atoms with van der Waals surface area (Å²) in [5, 5.41) is 2.85. The van der Waals surface area contributed by atoms with Crippen molar-refractivity contribution in [2.24, 2.45) is 0 Å². The highest BCUT2D eigenvalue weighted by Crippen LogP contribution is 2.21. The molecule has 124 valence electrons. The van der Waals surface area contributed by atoms with E-state index in [1.165, 1.54) is 4.31 Å². The van der Waals surface area contributed by atoms with Crippen molar-refractivity contribution in [2.75, 3.05) is 33.4 Å². The van der Waals surface area contributed by atoms with Gasteiger partial charge >= 0.3 is 0 Å². The fourth-order valence-electron chi connectivity index (χ4n) is 2.73. The smallest absolute Gasteiger partial charge is 0.238 e. The minimum atomic E-state index is -3.35. The van der Waals surface area contributed by atoms with Crippen molar-refractivity contribution >= 4 is 15.9 Å². The molecule has 1 aliphatic heterocycles. The molecule has 0 bridgehead atoms. The van der Waals surface area contributed by atoms with Crippen molar-refractivity contribution in [2.45, 2.75) is 24.9 Å². The predicted octanol–water partition coefficient (Wildman–Crippen LogP) is 0.423. The number of hydrogen-bond donors (Lipinski definition) is 1. The number of hydrogen-bond acceptors (Lipinski definition) is 5. The Bertz CT molecular complexity index is 598. The largest absolute Gasteiger partial charge is 0.468 e. The van der Waals surface area contributed by atoms with Crippen molar-refractivity contribution in [3.05, 3.63) is 24.2 Å². The summed E-state index contributed by atoms with van der Waals surface area (Å²) in [7, 11) is 0.450. The minimum absolute atomic E-state index is 0.0907. The molecule has 0 aliphatic carbocycles. The van der Waals surface area contributed by atoms with E-state index in [0.717, 1.165) is 12.0 Å². The van der Waals surface area contributed by atoms with Crippen LogP contribution in [0.15, 0.2) is 22.8 Å². The lowest BCUT2D eigenvalue weighted by Gasteiger charge is -2.25. The molecule has 0 radical (unpaired) electrons. The lowest BCUT2D eigenvalue weighted by atomic mass is 10.2. The highest BCUT2D eigenvalue weighted by molar-refractivity contribution is 7.88. The number of nitrogens with zero attached hydrogens (tertiary/aromatic N) is 2. The Morgan fingerprint density at radius 1 is 1.55 bits per heavy atom. The number of sulfonamides is 1. The first-order chi connectivity index (χ1) is 10.3.